The van der Waals surface area contributed by atoms with Crippen molar-refractivity contribution in [3.63, 3.8) is 0 Å². The van der Waals surface area contributed by atoms with Crippen LogP contribution in [0.2, 0.25) is 0 Å². The van der Waals surface area contributed by atoms with Crippen LogP contribution in [0.3, 0.4) is 0 Å². The SMILES string of the molecule is FC(F)(F)c1cncc(N2CCCNCC2)c1. The first-order valence-electron chi connectivity index (χ1n) is 5.55. The van der Waals surface area contributed by atoms with Gasteiger partial charge in [0, 0.05) is 25.8 Å². The normalized spacial score (nSPS) is 17.9. The summed E-state index contributed by atoms with van der Waals surface area (Å²) in [6.45, 7) is 3.16. The lowest BCUT2D eigenvalue weighted by Gasteiger charge is -2.22. The molecule has 17 heavy (non-hydrogen) atoms. The Balaban J connectivity index is 2.20. The molecule has 1 aliphatic heterocycles. The van der Waals surface area contributed by atoms with E-state index in [2.05, 4.69) is 10.3 Å². The standard InChI is InChI=1S/C11H14F3N3/c12-11(13,14)9-6-10(8-16-7-9)17-4-1-2-15-3-5-17/h6-8,15H,1-5H2. The predicted molar refractivity (Wildman–Crippen MR) is 58.9 cm³/mol. The highest BCUT2D eigenvalue weighted by Crippen LogP contribution is 2.30. The molecule has 0 radical (unpaired) electrons. The molecule has 94 valence electrons. The third-order valence-corrected chi connectivity index (χ3v) is 2.76. The molecular formula is C11H14F3N3. The van der Waals surface area contributed by atoms with Crippen LogP contribution in [0, 0.1) is 0 Å². The second-order valence-corrected chi connectivity index (χ2v) is 4.02. The van der Waals surface area contributed by atoms with E-state index in [1.807, 2.05) is 4.90 Å². The van der Waals surface area contributed by atoms with E-state index in [-0.39, 0.29) is 0 Å². The van der Waals surface area contributed by atoms with E-state index in [0.717, 1.165) is 38.3 Å². The van der Waals surface area contributed by atoms with Crippen LogP contribution in [0.15, 0.2) is 18.5 Å². The zero-order chi connectivity index (χ0) is 12.3. The van der Waals surface area contributed by atoms with Crippen molar-refractivity contribution in [3.8, 4) is 0 Å². The molecule has 0 spiro atoms. The average Bonchev–Trinajstić information content (AvgIpc) is 2.56. The summed E-state index contributed by atoms with van der Waals surface area (Å²) in [6, 6.07) is 1.16. The number of alkyl halides is 3. The molecule has 2 heterocycles. The number of anilines is 1. The van der Waals surface area contributed by atoms with Crippen molar-refractivity contribution in [3.05, 3.63) is 24.0 Å². The fraction of sp³-hybridized carbons (Fsp3) is 0.545. The van der Waals surface area contributed by atoms with Crippen LogP contribution in [0.5, 0.6) is 0 Å². The number of nitrogens with zero attached hydrogens (tertiary/aromatic N) is 2. The van der Waals surface area contributed by atoms with Gasteiger partial charge in [-0.1, -0.05) is 0 Å². The van der Waals surface area contributed by atoms with Gasteiger partial charge in [0.15, 0.2) is 0 Å². The third-order valence-electron chi connectivity index (χ3n) is 2.76. The molecule has 1 aromatic rings. The number of hydrogen-bond acceptors (Lipinski definition) is 3. The van der Waals surface area contributed by atoms with E-state index in [1.165, 1.54) is 6.20 Å². The van der Waals surface area contributed by atoms with E-state index in [9.17, 15) is 13.2 Å². The van der Waals surface area contributed by atoms with Gasteiger partial charge in [-0.3, -0.25) is 4.98 Å². The molecule has 3 nitrogen and oxygen atoms in total. The van der Waals surface area contributed by atoms with Gasteiger partial charge in [0.05, 0.1) is 17.4 Å². The molecule has 0 bridgehead atoms. The Morgan fingerprint density at radius 1 is 1.18 bits per heavy atom. The summed E-state index contributed by atoms with van der Waals surface area (Å²) in [4.78, 5) is 5.61. The lowest BCUT2D eigenvalue weighted by Crippen LogP contribution is -2.28. The fourth-order valence-electron chi connectivity index (χ4n) is 1.86. The first-order valence-corrected chi connectivity index (χ1v) is 5.55. The summed E-state index contributed by atoms with van der Waals surface area (Å²) >= 11 is 0. The molecule has 0 aliphatic carbocycles. The average molecular weight is 245 g/mol. The van der Waals surface area contributed by atoms with Gasteiger partial charge in [0.1, 0.15) is 0 Å². The Morgan fingerprint density at radius 3 is 2.76 bits per heavy atom. The number of halogens is 3. The lowest BCUT2D eigenvalue weighted by molar-refractivity contribution is -0.137. The molecule has 1 aromatic heterocycles. The second-order valence-electron chi connectivity index (χ2n) is 4.02. The lowest BCUT2D eigenvalue weighted by atomic mass is 10.2. The van der Waals surface area contributed by atoms with Crippen LogP contribution in [0.25, 0.3) is 0 Å². The molecular weight excluding hydrogens is 231 g/mol. The van der Waals surface area contributed by atoms with Crippen molar-refractivity contribution in [2.75, 3.05) is 31.1 Å². The van der Waals surface area contributed by atoms with Crippen LogP contribution in [-0.2, 0) is 6.18 Å². The van der Waals surface area contributed by atoms with Crippen molar-refractivity contribution in [1.29, 1.82) is 0 Å². The monoisotopic (exact) mass is 245 g/mol. The molecule has 1 aliphatic rings. The maximum Gasteiger partial charge on any atom is 0.417 e. The van der Waals surface area contributed by atoms with E-state index in [4.69, 9.17) is 0 Å². The van der Waals surface area contributed by atoms with E-state index < -0.39 is 11.7 Å². The number of aromatic nitrogens is 1. The van der Waals surface area contributed by atoms with E-state index in [0.29, 0.717) is 12.2 Å². The third kappa shape index (κ3) is 3.09. The van der Waals surface area contributed by atoms with Crippen LogP contribution in [0.1, 0.15) is 12.0 Å². The number of rotatable bonds is 1. The highest BCUT2D eigenvalue weighted by Gasteiger charge is 2.31. The van der Waals surface area contributed by atoms with Gasteiger partial charge in [-0.2, -0.15) is 13.2 Å². The highest BCUT2D eigenvalue weighted by molar-refractivity contribution is 5.46. The Labute approximate surface area is 97.6 Å². The first kappa shape index (κ1) is 12.2. The minimum atomic E-state index is -4.33. The fourth-order valence-corrected chi connectivity index (χ4v) is 1.86. The Bertz CT molecular complexity index is 370. The van der Waals surface area contributed by atoms with Crippen molar-refractivity contribution < 1.29 is 13.2 Å². The van der Waals surface area contributed by atoms with Crippen LogP contribution >= 0.6 is 0 Å². The van der Waals surface area contributed by atoms with E-state index in [1.54, 1.807) is 0 Å². The summed E-state index contributed by atoms with van der Waals surface area (Å²) in [6.07, 6.45) is -1.05. The molecule has 0 unspecified atom stereocenters. The molecule has 1 saturated heterocycles. The maximum atomic E-state index is 12.5. The van der Waals surface area contributed by atoms with Crippen molar-refractivity contribution >= 4 is 5.69 Å². The Kier molecular flexibility index (Phi) is 3.51. The molecule has 0 atom stereocenters. The molecule has 0 aromatic carbocycles. The second kappa shape index (κ2) is 4.91. The zero-order valence-electron chi connectivity index (χ0n) is 9.30. The molecule has 1 N–H and O–H groups in total. The van der Waals surface area contributed by atoms with Crippen molar-refractivity contribution in [1.82, 2.24) is 10.3 Å². The van der Waals surface area contributed by atoms with Gasteiger partial charge in [-0.15, -0.1) is 0 Å². The number of hydrogen-bond donors (Lipinski definition) is 1. The van der Waals surface area contributed by atoms with Crippen molar-refractivity contribution in [2.24, 2.45) is 0 Å². The topological polar surface area (TPSA) is 28.2 Å². The Hall–Kier alpha value is -1.30. The van der Waals surface area contributed by atoms with Crippen LogP contribution < -0.4 is 10.2 Å². The first-order chi connectivity index (χ1) is 8.07. The summed E-state index contributed by atoms with van der Waals surface area (Å²) in [7, 11) is 0. The minimum Gasteiger partial charge on any atom is -0.369 e. The van der Waals surface area contributed by atoms with Crippen LogP contribution in [-0.4, -0.2) is 31.2 Å². The quantitative estimate of drug-likeness (QED) is 0.819. The zero-order valence-corrected chi connectivity index (χ0v) is 9.30. The highest BCUT2D eigenvalue weighted by atomic mass is 19.4. The maximum absolute atomic E-state index is 12.5. The van der Waals surface area contributed by atoms with Crippen LogP contribution in [0.4, 0.5) is 18.9 Å². The summed E-state index contributed by atoms with van der Waals surface area (Å²) in [5.74, 6) is 0. The van der Waals surface area contributed by atoms with Gasteiger partial charge in [0.25, 0.3) is 0 Å². The largest absolute Gasteiger partial charge is 0.417 e. The van der Waals surface area contributed by atoms with Gasteiger partial charge < -0.3 is 10.2 Å². The molecule has 2 rings (SSSR count). The van der Waals surface area contributed by atoms with Gasteiger partial charge >= 0.3 is 6.18 Å². The van der Waals surface area contributed by atoms with Gasteiger partial charge in [-0.25, -0.2) is 0 Å². The predicted octanol–water partition coefficient (Wildman–Crippen LogP) is 1.90. The number of nitrogens with one attached hydrogen (secondary N) is 1. The summed E-state index contributed by atoms with van der Waals surface area (Å²) in [5.41, 5.74) is -0.143. The molecule has 0 saturated carbocycles. The van der Waals surface area contributed by atoms with E-state index >= 15 is 0 Å². The Morgan fingerprint density at radius 2 is 2.00 bits per heavy atom. The summed E-state index contributed by atoms with van der Waals surface area (Å²) in [5, 5.41) is 3.21. The molecule has 1 fully saturated rings. The molecule has 0 amide bonds. The molecule has 6 heteroatoms. The summed E-state index contributed by atoms with van der Waals surface area (Å²) < 4.78 is 37.6. The minimum absolute atomic E-state index is 0.545. The van der Waals surface area contributed by atoms with Gasteiger partial charge in [-0.05, 0) is 19.0 Å². The van der Waals surface area contributed by atoms with Gasteiger partial charge in [0.2, 0.25) is 0 Å². The smallest absolute Gasteiger partial charge is 0.369 e. The number of pyridine rings is 1. The van der Waals surface area contributed by atoms with Crippen molar-refractivity contribution in [2.45, 2.75) is 12.6 Å².